The number of hydrogen-bond acceptors (Lipinski definition) is 7. The lowest BCUT2D eigenvalue weighted by Gasteiger charge is -2.10. The number of hydrogen-bond donors (Lipinski definition) is 3. The molecule has 2 atom stereocenters. The number of carbonyl (C=O) groups is 2. The fourth-order valence-electron chi connectivity index (χ4n) is 1.70. The zero-order chi connectivity index (χ0) is 14.5. The fraction of sp³-hybridized carbons (Fsp3) is 0.778. The predicted molar refractivity (Wildman–Crippen MR) is 64.7 cm³/mol. The third-order valence-corrected chi connectivity index (χ3v) is 2.93. The molecular formula is C9H17N3O6S. The minimum Gasteiger partial charge on any atom is -0.370 e. The Bertz CT molecular complexity index is 437. The number of imide groups is 1. The molecule has 1 rings (SSSR count). The molecule has 19 heavy (non-hydrogen) atoms. The van der Waals surface area contributed by atoms with Gasteiger partial charge < -0.3 is 15.8 Å². The number of carbonyl (C=O) groups excluding carboxylic acids is 2. The number of amides is 3. The second kappa shape index (κ2) is 6.80. The highest BCUT2D eigenvalue weighted by Gasteiger charge is 2.27. The largest absolute Gasteiger partial charge is 0.370 e. The lowest BCUT2D eigenvalue weighted by molar-refractivity contribution is -0.124. The summed E-state index contributed by atoms with van der Waals surface area (Å²) in [7, 11) is -3.47. The monoisotopic (exact) mass is 295 g/mol. The first-order valence-electron chi connectivity index (χ1n) is 5.55. The summed E-state index contributed by atoms with van der Waals surface area (Å²) >= 11 is 0. The highest BCUT2D eigenvalue weighted by molar-refractivity contribution is 7.86. The lowest BCUT2D eigenvalue weighted by Crippen LogP contribution is -2.38. The van der Waals surface area contributed by atoms with Gasteiger partial charge in [-0.05, 0) is 6.42 Å². The van der Waals surface area contributed by atoms with E-state index in [9.17, 15) is 18.0 Å². The summed E-state index contributed by atoms with van der Waals surface area (Å²) in [6.45, 7) is 0.309. The number of nitrogens with two attached hydrogens (primary N) is 1. The van der Waals surface area contributed by atoms with Crippen LogP contribution in [0.15, 0.2) is 0 Å². The minimum atomic E-state index is -3.47. The van der Waals surface area contributed by atoms with E-state index in [2.05, 4.69) is 5.32 Å². The first kappa shape index (κ1) is 15.8. The van der Waals surface area contributed by atoms with Crippen molar-refractivity contribution in [3.63, 3.8) is 0 Å². The van der Waals surface area contributed by atoms with Crippen molar-refractivity contribution in [1.82, 2.24) is 10.6 Å². The maximum Gasteiger partial charge on any atom is 0.318 e. The highest BCUT2D eigenvalue weighted by Crippen LogP contribution is 2.12. The molecule has 1 aliphatic rings. The summed E-state index contributed by atoms with van der Waals surface area (Å²) in [6.07, 6.45) is 1.03. The molecule has 1 heterocycles. The Hall–Kier alpha value is -1.23. The Labute approximate surface area is 110 Å². The zero-order valence-corrected chi connectivity index (χ0v) is 11.2. The van der Waals surface area contributed by atoms with Crippen LogP contribution >= 0.6 is 0 Å². The molecular weight excluding hydrogens is 278 g/mol. The van der Waals surface area contributed by atoms with Gasteiger partial charge in [0.05, 0.1) is 19.0 Å². The Morgan fingerprint density at radius 2 is 2.16 bits per heavy atom. The second-order valence-electron chi connectivity index (χ2n) is 4.19. The fourth-order valence-corrected chi connectivity index (χ4v) is 2.34. The molecule has 0 aromatic carbocycles. The van der Waals surface area contributed by atoms with Gasteiger partial charge in [-0.1, -0.05) is 0 Å². The third kappa shape index (κ3) is 7.06. The van der Waals surface area contributed by atoms with E-state index in [1.165, 1.54) is 0 Å². The van der Waals surface area contributed by atoms with Crippen molar-refractivity contribution in [2.75, 3.05) is 26.0 Å². The number of nitrogens with one attached hydrogen (secondary N) is 2. The van der Waals surface area contributed by atoms with Crippen LogP contribution < -0.4 is 16.4 Å². The Morgan fingerprint density at radius 3 is 2.74 bits per heavy atom. The average Bonchev–Trinajstić information content (AvgIpc) is 2.61. The molecule has 0 unspecified atom stereocenters. The molecule has 1 aliphatic heterocycles. The molecule has 10 heteroatoms. The van der Waals surface area contributed by atoms with Gasteiger partial charge in [0.15, 0.2) is 0 Å². The first-order chi connectivity index (χ1) is 8.76. The Morgan fingerprint density at radius 1 is 1.47 bits per heavy atom. The van der Waals surface area contributed by atoms with Gasteiger partial charge in [-0.15, -0.1) is 0 Å². The van der Waals surface area contributed by atoms with Gasteiger partial charge in [0, 0.05) is 12.6 Å². The lowest BCUT2D eigenvalue weighted by atomic mass is 10.2. The van der Waals surface area contributed by atoms with Crippen molar-refractivity contribution >= 4 is 22.1 Å². The number of urea groups is 1. The molecule has 0 aromatic rings. The van der Waals surface area contributed by atoms with Crippen LogP contribution in [0.5, 0.6) is 0 Å². The summed E-state index contributed by atoms with van der Waals surface area (Å²) < 4.78 is 31.7. The van der Waals surface area contributed by atoms with E-state index in [1.807, 2.05) is 5.32 Å². The van der Waals surface area contributed by atoms with E-state index >= 15 is 0 Å². The van der Waals surface area contributed by atoms with Gasteiger partial charge >= 0.3 is 6.03 Å². The SMILES string of the molecule is CS(=O)(=O)O[C@H]1CN[C@H](COCC(=O)NC(N)=O)C1. The van der Waals surface area contributed by atoms with Crippen molar-refractivity contribution in [3.05, 3.63) is 0 Å². The van der Waals surface area contributed by atoms with Gasteiger partial charge in [0.2, 0.25) is 0 Å². The van der Waals surface area contributed by atoms with Crippen LogP contribution in [0.25, 0.3) is 0 Å². The van der Waals surface area contributed by atoms with Gasteiger partial charge in [-0.25, -0.2) is 4.79 Å². The smallest absolute Gasteiger partial charge is 0.318 e. The Balaban J connectivity index is 2.19. The summed E-state index contributed by atoms with van der Waals surface area (Å²) in [4.78, 5) is 21.4. The van der Waals surface area contributed by atoms with E-state index in [1.54, 1.807) is 0 Å². The van der Waals surface area contributed by atoms with Crippen molar-refractivity contribution in [2.24, 2.45) is 5.73 Å². The van der Waals surface area contributed by atoms with E-state index < -0.39 is 28.2 Å². The summed E-state index contributed by atoms with van der Waals surface area (Å²) in [5.41, 5.74) is 4.75. The highest BCUT2D eigenvalue weighted by atomic mass is 32.2. The van der Waals surface area contributed by atoms with Crippen molar-refractivity contribution in [1.29, 1.82) is 0 Å². The van der Waals surface area contributed by atoms with E-state index in [-0.39, 0.29) is 19.3 Å². The van der Waals surface area contributed by atoms with Crippen molar-refractivity contribution < 1.29 is 26.9 Å². The molecule has 4 N–H and O–H groups in total. The van der Waals surface area contributed by atoms with Crippen LogP contribution in [0.4, 0.5) is 4.79 Å². The minimum absolute atomic E-state index is 0.104. The summed E-state index contributed by atoms with van der Waals surface area (Å²) in [5.74, 6) is -0.630. The molecule has 110 valence electrons. The van der Waals surface area contributed by atoms with Crippen LogP contribution in [-0.2, 0) is 23.8 Å². The Kier molecular flexibility index (Phi) is 5.66. The number of primary amides is 1. The van der Waals surface area contributed by atoms with Crippen LogP contribution in [0, 0.1) is 0 Å². The molecule has 0 saturated carbocycles. The van der Waals surface area contributed by atoms with Gasteiger partial charge in [-0.3, -0.25) is 14.3 Å². The van der Waals surface area contributed by atoms with Crippen LogP contribution in [0.1, 0.15) is 6.42 Å². The number of ether oxygens (including phenoxy) is 1. The molecule has 0 aliphatic carbocycles. The maximum atomic E-state index is 11.0. The van der Waals surface area contributed by atoms with Gasteiger partial charge in [0.1, 0.15) is 6.61 Å². The molecule has 1 saturated heterocycles. The third-order valence-electron chi connectivity index (χ3n) is 2.31. The maximum absolute atomic E-state index is 11.0. The topological polar surface area (TPSA) is 137 Å². The predicted octanol–water partition coefficient (Wildman–Crippen LogP) is -2.10. The van der Waals surface area contributed by atoms with Crippen LogP contribution in [-0.4, -0.2) is 58.5 Å². The number of rotatable bonds is 6. The normalized spacial score (nSPS) is 23.2. The van der Waals surface area contributed by atoms with Gasteiger partial charge in [-0.2, -0.15) is 8.42 Å². The van der Waals surface area contributed by atoms with Crippen LogP contribution in [0.2, 0.25) is 0 Å². The molecule has 0 bridgehead atoms. The molecule has 0 spiro atoms. The van der Waals surface area contributed by atoms with Gasteiger partial charge in [0.25, 0.3) is 16.0 Å². The summed E-state index contributed by atoms with van der Waals surface area (Å²) in [5, 5.41) is 4.86. The van der Waals surface area contributed by atoms with Crippen molar-refractivity contribution in [2.45, 2.75) is 18.6 Å². The summed E-state index contributed by atoms with van der Waals surface area (Å²) in [6, 6.07) is -1.04. The molecule has 3 amide bonds. The van der Waals surface area contributed by atoms with Crippen LogP contribution in [0.3, 0.4) is 0 Å². The quantitative estimate of drug-likeness (QED) is 0.477. The molecule has 9 nitrogen and oxygen atoms in total. The first-order valence-corrected chi connectivity index (χ1v) is 7.36. The standard InChI is InChI=1S/C9H17N3O6S/c1-19(15,16)18-7-2-6(11-3-7)4-17-5-8(13)12-9(10)14/h6-7,11H,2-5H2,1H3,(H3,10,12,13,14)/t6-,7+/m0/s1. The van der Waals surface area contributed by atoms with E-state index in [0.717, 1.165) is 6.26 Å². The molecule has 1 fully saturated rings. The molecule has 0 aromatic heterocycles. The average molecular weight is 295 g/mol. The molecule has 0 radical (unpaired) electrons. The van der Waals surface area contributed by atoms with E-state index in [0.29, 0.717) is 13.0 Å². The zero-order valence-electron chi connectivity index (χ0n) is 10.4. The van der Waals surface area contributed by atoms with Crippen molar-refractivity contribution in [3.8, 4) is 0 Å². The second-order valence-corrected chi connectivity index (χ2v) is 5.79. The van der Waals surface area contributed by atoms with E-state index in [4.69, 9.17) is 14.7 Å².